The van der Waals surface area contributed by atoms with E-state index in [2.05, 4.69) is 113 Å². The van der Waals surface area contributed by atoms with Crippen LogP contribution in [0.15, 0.2) is 156 Å². The maximum Gasteiger partial charge on any atom is 0.0424 e. The molecule has 52 heavy (non-hydrogen) atoms. The summed E-state index contributed by atoms with van der Waals surface area (Å²) in [4.78, 5) is 8.92. The van der Waals surface area contributed by atoms with Crippen LogP contribution in [0.5, 0.6) is 0 Å². The molecule has 0 radical (unpaired) electrons. The van der Waals surface area contributed by atoms with Gasteiger partial charge in [-0.1, -0.05) is 48.5 Å². The quantitative estimate of drug-likeness (QED) is 0.0546. The van der Waals surface area contributed by atoms with E-state index in [-0.39, 0.29) is 0 Å². The van der Waals surface area contributed by atoms with Crippen LogP contribution in [0.2, 0.25) is 0 Å². The first-order valence-electron chi connectivity index (χ1n) is 15.7. The molecule has 0 N–H and O–H groups in total. The van der Waals surface area contributed by atoms with Gasteiger partial charge in [0.05, 0.1) is 0 Å². The molecule has 0 aliphatic carbocycles. The summed E-state index contributed by atoms with van der Waals surface area (Å²) in [5.74, 6) is 0. The van der Waals surface area contributed by atoms with Gasteiger partial charge in [0.1, 0.15) is 0 Å². The average Bonchev–Trinajstić information content (AvgIpc) is 3.12. The van der Waals surface area contributed by atoms with Gasteiger partial charge in [0, 0.05) is 69.6 Å². The largest absolute Gasteiger partial charge is 0.142 e. The van der Waals surface area contributed by atoms with E-state index in [1.54, 1.807) is 0 Å². The lowest BCUT2D eigenvalue weighted by molar-refractivity contribution is 0.677. The third-order valence-electron chi connectivity index (χ3n) is 9.85. The van der Waals surface area contributed by atoms with E-state index >= 15 is 0 Å². The summed E-state index contributed by atoms with van der Waals surface area (Å²) in [6.07, 6.45) is 0. The number of hydrogen-bond acceptors (Lipinski definition) is 12. The molecule has 12 heteroatoms. The molecule has 0 nitrogen and oxygen atoms in total. The van der Waals surface area contributed by atoms with Gasteiger partial charge in [0.15, 0.2) is 0 Å². The van der Waals surface area contributed by atoms with Crippen LogP contribution < -0.4 is 0 Å². The molecule has 6 aromatic rings. The standard InChI is InChI=1S/C40H34S12/c1-39(23-11-27(41)35(49)28(42)12-23,24-13-29(43)36(50)30(44)14-24)21-7-3-19(4-8-21)20-5-9-22(10-6-20)40(2,25-15-31(45)37(51)32(46)16-25)26-17-33(47)38(52)34(48)18-26/h3-18,41-52H,1-2H3. The Morgan fingerprint density at radius 1 is 0.269 bits per heavy atom. The molecule has 266 valence electrons. The van der Waals surface area contributed by atoms with Crippen LogP contribution in [0.3, 0.4) is 0 Å². The summed E-state index contributed by atoms with van der Waals surface area (Å²) >= 11 is 56.3. The van der Waals surface area contributed by atoms with Gasteiger partial charge in [0.2, 0.25) is 0 Å². The highest BCUT2D eigenvalue weighted by molar-refractivity contribution is 7.86. The van der Waals surface area contributed by atoms with Crippen LogP contribution in [0.1, 0.15) is 47.2 Å². The minimum atomic E-state index is -0.600. The van der Waals surface area contributed by atoms with Crippen molar-refractivity contribution in [3.63, 3.8) is 0 Å². The Kier molecular flexibility index (Phi) is 12.8. The summed E-state index contributed by atoms with van der Waals surface area (Å²) in [5, 5.41) is 0. The maximum absolute atomic E-state index is 4.73. The molecule has 0 fully saturated rings. The van der Waals surface area contributed by atoms with Crippen molar-refractivity contribution in [1.29, 1.82) is 0 Å². The molecule has 0 aliphatic rings. The van der Waals surface area contributed by atoms with Gasteiger partial charge in [0.25, 0.3) is 0 Å². The first-order valence-corrected chi connectivity index (χ1v) is 21.1. The lowest BCUT2D eigenvalue weighted by atomic mass is 9.70. The van der Waals surface area contributed by atoms with Crippen molar-refractivity contribution in [3.05, 3.63) is 130 Å². The molecule has 0 heterocycles. The molecule has 6 rings (SSSR count). The van der Waals surface area contributed by atoms with Crippen LogP contribution in [0.25, 0.3) is 11.1 Å². The van der Waals surface area contributed by atoms with E-state index in [4.69, 9.17) is 101 Å². The Morgan fingerprint density at radius 2 is 0.442 bits per heavy atom. The summed E-state index contributed by atoms with van der Waals surface area (Å²) < 4.78 is 0. The lowest BCUT2D eigenvalue weighted by Gasteiger charge is -2.34. The van der Waals surface area contributed by atoms with Crippen LogP contribution in [-0.2, 0) is 10.8 Å². The van der Waals surface area contributed by atoms with Crippen molar-refractivity contribution in [1.82, 2.24) is 0 Å². The maximum atomic E-state index is 4.73. The normalized spacial score (nSPS) is 12.0. The van der Waals surface area contributed by atoms with Crippen molar-refractivity contribution >= 4 is 152 Å². The summed E-state index contributed by atoms with van der Waals surface area (Å²) in [6, 6.07) is 33.7. The molecular formula is C40H34S12. The zero-order valence-electron chi connectivity index (χ0n) is 27.6. The second-order valence-electron chi connectivity index (χ2n) is 12.9. The van der Waals surface area contributed by atoms with E-state index in [0.29, 0.717) is 0 Å². The molecule has 0 unspecified atom stereocenters. The molecule has 6 aromatic carbocycles. The number of hydrogen-bond donors (Lipinski definition) is 12. The van der Waals surface area contributed by atoms with Gasteiger partial charge < -0.3 is 0 Å². The molecule has 0 atom stereocenters. The van der Waals surface area contributed by atoms with Crippen molar-refractivity contribution in [2.45, 2.75) is 83.4 Å². The van der Waals surface area contributed by atoms with Gasteiger partial charge in [-0.3, -0.25) is 0 Å². The highest BCUT2D eigenvalue weighted by Gasteiger charge is 2.35. The lowest BCUT2D eigenvalue weighted by Crippen LogP contribution is -2.26. The van der Waals surface area contributed by atoms with Crippen LogP contribution in [0, 0.1) is 0 Å². The average molecular weight is 900 g/mol. The van der Waals surface area contributed by atoms with Crippen molar-refractivity contribution in [2.24, 2.45) is 0 Å². The number of thiol groups is 12. The van der Waals surface area contributed by atoms with Gasteiger partial charge in [-0.05, 0) is 107 Å². The Hall–Kier alpha value is -0.480. The fourth-order valence-corrected chi connectivity index (χ4v) is 9.51. The minimum Gasteiger partial charge on any atom is -0.142 e. The van der Waals surface area contributed by atoms with Gasteiger partial charge in [-0.15, -0.1) is 152 Å². The molecule has 0 spiro atoms. The van der Waals surface area contributed by atoms with Gasteiger partial charge >= 0.3 is 0 Å². The smallest absolute Gasteiger partial charge is 0.0424 e. The number of rotatable bonds is 7. The third-order valence-corrected chi connectivity index (χ3v) is 16.0. The second-order valence-corrected chi connectivity index (χ2v) is 18.5. The fourth-order valence-electron chi connectivity index (χ4n) is 6.56. The van der Waals surface area contributed by atoms with Gasteiger partial charge in [-0.25, -0.2) is 0 Å². The van der Waals surface area contributed by atoms with Gasteiger partial charge in [-0.2, -0.15) is 0 Å². The zero-order valence-corrected chi connectivity index (χ0v) is 38.3. The molecular weight excluding hydrogens is 865 g/mol. The summed E-state index contributed by atoms with van der Waals surface area (Å²) in [7, 11) is 0. The van der Waals surface area contributed by atoms with Crippen molar-refractivity contribution in [2.75, 3.05) is 0 Å². The van der Waals surface area contributed by atoms with Crippen LogP contribution >= 0.6 is 152 Å². The van der Waals surface area contributed by atoms with E-state index in [9.17, 15) is 0 Å². The first kappa shape index (κ1) is 41.2. The summed E-state index contributed by atoms with van der Waals surface area (Å²) in [6.45, 7) is 4.39. The minimum absolute atomic E-state index is 0.600. The highest BCUT2D eigenvalue weighted by atomic mass is 32.1. The highest BCUT2D eigenvalue weighted by Crippen LogP contribution is 2.47. The SMILES string of the molecule is CC(c1ccc(-c2ccc(C(C)(c3cc(S)c(S)c(S)c3)c3cc(S)c(S)c(S)c3)cc2)cc1)(c1cc(S)c(S)c(S)c1)c1cc(S)c(S)c(S)c1. The van der Waals surface area contributed by atoms with Crippen molar-refractivity contribution in [3.8, 4) is 11.1 Å². The first-order chi connectivity index (χ1) is 24.5. The van der Waals surface area contributed by atoms with E-state index in [1.165, 1.54) is 0 Å². The molecule has 0 saturated heterocycles. The van der Waals surface area contributed by atoms with E-state index in [1.807, 2.05) is 48.5 Å². The Morgan fingerprint density at radius 3 is 0.615 bits per heavy atom. The second kappa shape index (κ2) is 16.2. The fraction of sp³-hybridized carbons (Fsp3) is 0.100. The van der Waals surface area contributed by atoms with E-state index in [0.717, 1.165) is 103 Å². The molecule has 0 aliphatic heterocycles. The molecule has 0 saturated carbocycles. The van der Waals surface area contributed by atoms with Crippen molar-refractivity contribution < 1.29 is 0 Å². The van der Waals surface area contributed by atoms with Crippen LogP contribution in [0.4, 0.5) is 0 Å². The monoisotopic (exact) mass is 898 g/mol. The third kappa shape index (κ3) is 7.64. The van der Waals surface area contributed by atoms with Crippen LogP contribution in [-0.4, -0.2) is 0 Å². The predicted molar refractivity (Wildman–Crippen MR) is 256 cm³/mol. The number of benzene rings is 6. The summed E-state index contributed by atoms with van der Waals surface area (Å²) in [5.41, 5.74) is 7.18. The molecule has 0 amide bonds. The Labute approximate surface area is 372 Å². The predicted octanol–water partition coefficient (Wildman–Crippen LogP) is 13.5. The zero-order chi connectivity index (χ0) is 37.9. The van der Waals surface area contributed by atoms with E-state index < -0.39 is 10.8 Å². The Bertz CT molecular complexity index is 1970. The molecule has 0 bridgehead atoms. The Balaban J connectivity index is 1.45. The topological polar surface area (TPSA) is 0 Å². The molecule has 0 aromatic heterocycles.